The summed E-state index contributed by atoms with van der Waals surface area (Å²) in [5, 5.41) is 0. The van der Waals surface area contributed by atoms with Crippen molar-refractivity contribution in [2.75, 3.05) is 0 Å². The van der Waals surface area contributed by atoms with Gasteiger partial charge >= 0.3 is 0 Å². The summed E-state index contributed by atoms with van der Waals surface area (Å²) in [6, 6.07) is 0. The van der Waals surface area contributed by atoms with Crippen molar-refractivity contribution in [3.05, 3.63) is 0 Å². The summed E-state index contributed by atoms with van der Waals surface area (Å²) >= 11 is 0. The van der Waals surface area contributed by atoms with Gasteiger partial charge in [-0.1, -0.05) is 6.92 Å². The highest BCUT2D eigenvalue weighted by atomic mass is 19.1. The maximum Gasteiger partial charge on any atom is 0.125 e. The molecule has 2 heteroatoms. The fraction of sp³-hybridized carbons (Fsp3) is 0.800. The van der Waals surface area contributed by atoms with Crippen LogP contribution < -0.4 is 0 Å². The zero-order valence-electron chi connectivity index (χ0n) is 4.52. The van der Waals surface area contributed by atoms with E-state index in [2.05, 4.69) is 0 Å². The van der Waals surface area contributed by atoms with Gasteiger partial charge in [0.05, 0.1) is 0 Å². The van der Waals surface area contributed by atoms with Gasteiger partial charge in [-0.05, 0) is 6.92 Å². The lowest BCUT2D eigenvalue weighted by Crippen LogP contribution is -2.08. The first-order valence-corrected chi connectivity index (χ1v) is 2.28. The number of rotatable bonds is 2. The number of alkyl halides is 1. The maximum absolute atomic E-state index is 11.9. The van der Waals surface area contributed by atoms with Crippen LogP contribution in [0, 0.1) is 5.92 Å². The van der Waals surface area contributed by atoms with E-state index in [1.165, 1.54) is 6.92 Å². The summed E-state index contributed by atoms with van der Waals surface area (Å²) in [5.74, 6) is -0.444. The quantitative estimate of drug-likeness (QED) is 0.481. The molecule has 0 saturated carbocycles. The molecule has 0 aromatic rings. The Kier molecular flexibility index (Phi) is 2.56. The number of hydrogen-bond acceptors (Lipinski definition) is 1. The number of carbonyl (C=O) groups excluding carboxylic acids is 1. The molecule has 2 atom stereocenters. The third kappa shape index (κ3) is 2.31. The number of hydrogen-bond donors (Lipinski definition) is 0. The topological polar surface area (TPSA) is 17.1 Å². The lowest BCUT2D eigenvalue weighted by atomic mass is 10.1. The molecule has 1 unspecified atom stereocenters. The summed E-state index contributed by atoms with van der Waals surface area (Å²) in [5.41, 5.74) is 0. The fourth-order valence-corrected chi connectivity index (χ4v) is 0.108. The average Bonchev–Trinajstić information content (AvgIpc) is 1.65. The molecule has 0 aliphatic carbocycles. The average molecular weight is 104 g/mol. The molecule has 0 radical (unpaired) electrons. The van der Waals surface area contributed by atoms with Crippen LogP contribution in [0.25, 0.3) is 0 Å². The molecule has 0 aromatic carbocycles. The van der Waals surface area contributed by atoms with Crippen molar-refractivity contribution in [3.63, 3.8) is 0 Å². The van der Waals surface area contributed by atoms with Gasteiger partial charge in [0, 0.05) is 5.92 Å². The van der Waals surface area contributed by atoms with Crippen LogP contribution in [-0.2, 0) is 4.79 Å². The lowest BCUT2D eigenvalue weighted by molar-refractivity contribution is -0.112. The summed E-state index contributed by atoms with van der Waals surface area (Å²) in [6.07, 6.45) is -0.387. The maximum atomic E-state index is 11.9. The van der Waals surface area contributed by atoms with Gasteiger partial charge in [-0.3, -0.25) is 0 Å². The van der Waals surface area contributed by atoms with Crippen molar-refractivity contribution in [2.24, 2.45) is 5.92 Å². The second kappa shape index (κ2) is 2.72. The van der Waals surface area contributed by atoms with E-state index in [-0.39, 0.29) is 0 Å². The lowest BCUT2D eigenvalue weighted by Gasteiger charge is -2.00. The first-order valence-electron chi connectivity index (χ1n) is 2.28. The third-order valence-corrected chi connectivity index (χ3v) is 0.939. The summed E-state index contributed by atoms with van der Waals surface area (Å²) in [6.45, 7) is 2.93. The number of aldehydes is 1. The SMILES string of the molecule is CC(C=O)[C@@H](C)F. The standard InChI is InChI=1S/C5H9FO/c1-4(3-7)5(2)6/h3-5H,1-2H3/t4?,5-/m1/s1. The molecule has 7 heavy (non-hydrogen) atoms. The van der Waals surface area contributed by atoms with Crippen LogP contribution in [0.15, 0.2) is 0 Å². The molecule has 0 rings (SSSR count). The molecule has 0 bridgehead atoms. The van der Waals surface area contributed by atoms with Crippen LogP contribution in [0.5, 0.6) is 0 Å². The normalized spacial score (nSPS) is 18.1. The van der Waals surface area contributed by atoms with Gasteiger partial charge in [0.15, 0.2) is 0 Å². The minimum atomic E-state index is -1.00. The highest BCUT2D eigenvalue weighted by molar-refractivity contribution is 5.53. The Balaban J connectivity index is 3.33. The Morgan fingerprint density at radius 3 is 2.00 bits per heavy atom. The van der Waals surface area contributed by atoms with E-state index in [1.807, 2.05) is 0 Å². The van der Waals surface area contributed by atoms with Crippen LogP contribution in [0.3, 0.4) is 0 Å². The molecular weight excluding hydrogens is 95.1 g/mol. The van der Waals surface area contributed by atoms with Crippen molar-refractivity contribution < 1.29 is 9.18 Å². The molecule has 0 aliphatic rings. The predicted molar refractivity (Wildman–Crippen MR) is 25.8 cm³/mol. The molecule has 0 aromatic heterocycles. The van der Waals surface area contributed by atoms with E-state index < -0.39 is 12.1 Å². The van der Waals surface area contributed by atoms with E-state index in [0.717, 1.165) is 0 Å². The van der Waals surface area contributed by atoms with Gasteiger partial charge in [-0.2, -0.15) is 0 Å². The Morgan fingerprint density at radius 1 is 1.57 bits per heavy atom. The highest BCUT2D eigenvalue weighted by Crippen LogP contribution is 2.00. The summed E-state index contributed by atoms with van der Waals surface area (Å²) in [4.78, 5) is 9.71. The largest absolute Gasteiger partial charge is 0.303 e. The summed E-state index contributed by atoms with van der Waals surface area (Å²) in [7, 11) is 0. The van der Waals surface area contributed by atoms with Gasteiger partial charge in [0.25, 0.3) is 0 Å². The van der Waals surface area contributed by atoms with E-state index in [9.17, 15) is 9.18 Å². The van der Waals surface area contributed by atoms with Crippen LogP contribution >= 0.6 is 0 Å². The Bertz CT molecular complexity index is 61.1. The van der Waals surface area contributed by atoms with Crippen molar-refractivity contribution in [2.45, 2.75) is 20.0 Å². The molecular formula is C5H9FO. The second-order valence-corrected chi connectivity index (χ2v) is 1.67. The monoisotopic (exact) mass is 104 g/mol. The molecule has 0 N–H and O–H groups in total. The zero-order valence-corrected chi connectivity index (χ0v) is 4.52. The molecule has 0 aliphatic heterocycles. The Labute approximate surface area is 42.5 Å². The highest BCUT2D eigenvalue weighted by Gasteiger charge is 2.06. The van der Waals surface area contributed by atoms with Crippen LogP contribution in [0.4, 0.5) is 4.39 Å². The number of carbonyl (C=O) groups is 1. The van der Waals surface area contributed by atoms with Crippen molar-refractivity contribution in [1.29, 1.82) is 0 Å². The Hall–Kier alpha value is -0.400. The van der Waals surface area contributed by atoms with Gasteiger partial charge < -0.3 is 4.79 Å². The number of halogens is 1. The summed E-state index contributed by atoms with van der Waals surface area (Å²) < 4.78 is 11.9. The smallest absolute Gasteiger partial charge is 0.125 e. The van der Waals surface area contributed by atoms with Gasteiger partial charge in [-0.25, -0.2) is 4.39 Å². The molecule has 0 spiro atoms. The van der Waals surface area contributed by atoms with Crippen molar-refractivity contribution >= 4 is 6.29 Å². The molecule has 0 fully saturated rings. The minimum Gasteiger partial charge on any atom is -0.303 e. The van der Waals surface area contributed by atoms with E-state index in [1.54, 1.807) is 6.92 Å². The Morgan fingerprint density at radius 2 is 2.00 bits per heavy atom. The second-order valence-electron chi connectivity index (χ2n) is 1.67. The van der Waals surface area contributed by atoms with Gasteiger partial charge in [0.2, 0.25) is 0 Å². The molecule has 0 amide bonds. The molecule has 42 valence electrons. The predicted octanol–water partition coefficient (Wildman–Crippen LogP) is 1.18. The third-order valence-electron chi connectivity index (χ3n) is 0.939. The van der Waals surface area contributed by atoms with Gasteiger partial charge in [0.1, 0.15) is 12.5 Å². The van der Waals surface area contributed by atoms with E-state index in [0.29, 0.717) is 6.29 Å². The zero-order chi connectivity index (χ0) is 5.86. The van der Waals surface area contributed by atoms with Crippen molar-refractivity contribution in [1.82, 2.24) is 0 Å². The first kappa shape index (κ1) is 6.60. The van der Waals surface area contributed by atoms with E-state index in [4.69, 9.17) is 0 Å². The first-order chi connectivity index (χ1) is 3.18. The minimum absolute atomic E-state index is 0.444. The fourth-order valence-electron chi connectivity index (χ4n) is 0.108. The van der Waals surface area contributed by atoms with Crippen LogP contribution in [0.2, 0.25) is 0 Å². The van der Waals surface area contributed by atoms with Gasteiger partial charge in [-0.15, -0.1) is 0 Å². The van der Waals surface area contributed by atoms with Crippen LogP contribution in [-0.4, -0.2) is 12.5 Å². The van der Waals surface area contributed by atoms with Crippen molar-refractivity contribution in [3.8, 4) is 0 Å². The molecule has 0 heterocycles. The molecule has 1 nitrogen and oxygen atoms in total. The van der Waals surface area contributed by atoms with E-state index >= 15 is 0 Å². The van der Waals surface area contributed by atoms with Crippen LogP contribution in [0.1, 0.15) is 13.8 Å². The molecule has 0 saturated heterocycles.